The number of rotatable bonds is 1. The molecule has 0 saturated heterocycles. The van der Waals surface area contributed by atoms with Crippen LogP contribution in [0, 0.1) is 6.42 Å². The molecule has 0 nitrogen and oxygen atoms in total. The predicted molar refractivity (Wildman–Crippen MR) is 67.1 cm³/mol. The van der Waals surface area contributed by atoms with Gasteiger partial charge in [0, 0.05) is 21.5 Å². The molecule has 2 rings (SSSR count). The molecule has 0 saturated carbocycles. The quantitative estimate of drug-likeness (QED) is 0.663. The molecule has 0 spiro atoms. The van der Waals surface area contributed by atoms with E-state index in [0.29, 0.717) is 11.4 Å². The first-order valence-corrected chi connectivity index (χ1v) is 5.65. The fourth-order valence-electron chi connectivity index (χ4n) is 1.46. The Kier molecular flexibility index (Phi) is 3.40. The van der Waals surface area contributed by atoms with Gasteiger partial charge in [0.05, 0.1) is 0 Å². The van der Waals surface area contributed by atoms with Crippen LogP contribution in [-0.4, -0.2) is 0 Å². The van der Waals surface area contributed by atoms with Crippen LogP contribution in [0.2, 0.25) is 5.02 Å². The standard InChI is InChI=1S/C12H8Cl3/c13-9-3-1-2-8(6-9)11-7-10(14)4-5-12(11)15/h1-3,5-7H,4H2. The summed E-state index contributed by atoms with van der Waals surface area (Å²) in [5.41, 5.74) is 1.91. The molecule has 0 aromatic heterocycles. The lowest BCUT2D eigenvalue weighted by Crippen LogP contribution is -1.93. The van der Waals surface area contributed by atoms with Crippen LogP contribution in [0.3, 0.4) is 0 Å². The molecule has 0 amide bonds. The SMILES string of the molecule is ClC1=CC(c2cccc(Cl)c2)=C(Cl)[CH]C1. The van der Waals surface area contributed by atoms with Gasteiger partial charge in [-0.15, -0.1) is 0 Å². The molecule has 15 heavy (non-hydrogen) atoms. The number of halogens is 3. The molecule has 1 aliphatic rings. The zero-order chi connectivity index (χ0) is 10.8. The minimum Gasteiger partial charge on any atom is -0.0891 e. The van der Waals surface area contributed by atoms with Gasteiger partial charge in [-0.2, -0.15) is 0 Å². The summed E-state index contributed by atoms with van der Waals surface area (Å²) in [6, 6.07) is 7.56. The molecule has 0 atom stereocenters. The molecule has 1 radical (unpaired) electrons. The smallest absolute Gasteiger partial charge is 0.0412 e. The largest absolute Gasteiger partial charge is 0.0891 e. The van der Waals surface area contributed by atoms with Crippen LogP contribution in [0.25, 0.3) is 5.57 Å². The minimum atomic E-state index is 0.694. The van der Waals surface area contributed by atoms with Gasteiger partial charge in [-0.1, -0.05) is 46.9 Å². The first-order chi connectivity index (χ1) is 7.16. The Morgan fingerprint density at radius 3 is 2.60 bits per heavy atom. The fourth-order valence-corrected chi connectivity index (χ4v) is 2.08. The van der Waals surface area contributed by atoms with E-state index in [4.69, 9.17) is 34.8 Å². The Hall–Kier alpha value is -0.430. The topological polar surface area (TPSA) is 0 Å². The number of benzene rings is 1. The maximum Gasteiger partial charge on any atom is 0.0412 e. The Morgan fingerprint density at radius 1 is 1.07 bits per heavy atom. The van der Waals surface area contributed by atoms with E-state index in [0.717, 1.165) is 21.2 Å². The van der Waals surface area contributed by atoms with Gasteiger partial charge in [-0.3, -0.25) is 0 Å². The summed E-state index contributed by atoms with van der Waals surface area (Å²) >= 11 is 18.0. The van der Waals surface area contributed by atoms with Crippen molar-refractivity contribution in [3.8, 4) is 0 Å². The molecule has 0 unspecified atom stereocenters. The predicted octanol–water partition coefficient (Wildman–Crippen LogP) is 5.02. The summed E-state index contributed by atoms with van der Waals surface area (Å²) in [7, 11) is 0. The van der Waals surface area contributed by atoms with Gasteiger partial charge >= 0.3 is 0 Å². The van der Waals surface area contributed by atoms with Crippen molar-refractivity contribution < 1.29 is 0 Å². The third-order valence-electron chi connectivity index (χ3n) is 2.17. The van der Waals surface area contributed by atoms with Gasteiger partial charge < -0.3 is 0 Å². The lowest BCUT2D eigenvalue weighted by Gasteiger charge is -2.13. The molecule has 0 heterocycles. The second kappa shape index (κ2) is 4.61. The van der Waals surface area contributed by atoms with Crippen LogP contribution in [0.15, 0.2) is 40.4 Å². The summed E-state index contributed by atoms with van der Waals surface area (Å²) in [6.45, 7) is 0. The lowest BCUT2D eigenvalue weighted by atomic mass is 9.99. The summed E-state index contributed by atoms with van der Waals surface area (Å²) in [4.78, 5) is 0. The van der Waals surface area contributed by atoms with Gasteiger partial charge in [0.15, 0.2) is 0 Å². The summed E-state index contributed by atoms with van der Waals surface area (Å²) < 4.78 is 0. The van der Waals surface area contributed by atoms with Crippen LogP contribution in [0.5, 0.6) is 0 Å². The molecule has 1 aliphatic carbocycles. The van der Waals surface area contributed by atoms with E-state index in [9.17, 15) is 0 Å². The van der Waals surface area contributed by atoms with Crippen LogP contribution in [0.4, 0.5) is 0 Å². The van der Waals surface area contributed by atoms with E-state index >= 15 is 0 Å². The van der Waals surface area contributed by atoms with Crippen molar-refractivity contribution in [1.29, 1.82) is 0 Å². The molecule has 1 aromatic carbocycles. The fraction of sp³-hybridized carbons (Fsp3) is 0.0833. The van der Waals surface area contributed by atoms with E-state index in [2.05, 4.69) is 0 Å². The molecular formula is C12H8Cl3. The van der Waals surface area contributed by atoms with Crippen molar-refractivity contribution in [3.63, 3.8) is 0 Å². The molecular weight excluding hydrogens is 250 g/mol. The molecule has 0 bridgehead atoms. The normalized spacial score (nSPS) is 16.6. The summed E-state index contributed by atoms with van der Waals surface area (Å²) in [6.07, 6.45) is 4.49. The van der Waals surface area contributed by atoms with Crippen LogP contribution >= 0.6 is 34.8 Å². The Morgan fingerprint density at radius 2 is 1.87 bits per heavy atom. The van der Waals surface area contributed by atoms with E-state index in [1.54, 1.807) is 0 Å². The van der Waals surface area contributed by atoms with E-state index in [-0.39, 0.29) is 0 Å². The Bertz CT molecular complexity index is 444. The highest BCUT2D eigenvalue weighted by Gasteiger charge is 2.12. The molecule has 0 aliphatic heterocycles. The van der Waals surface area contributed by atoms with Gasteiger partial charge in [0.2, 0.25) is 0 Å². The number of hydrogen-bond acceptors (Lipinski definition) is 0. The highest BCUT2D eigenvalue weighted by molar-refractivity contribution is 6.37. The Labute approximate surface area is 104 Å². The lowest BCUT2D eigenvalue weighted by molar-refractivity contribution is 1.22. The maximum absolute atomic E-state index is 6.11. The Balaban J connectivity index is 2.46. The van der Waals surface area contributed by atoms with Crippen LogP contribution in [-0.2, 0) is 0 Å². The van der Waals surface area contributed by atoms with Gasteiger partial charge in [-0.25, -0.2) is 0 Å². The summed E-state index contributed by atoms with van der Waals surface area (Å²) in [5.74, 6) is 0. The monoisotopic (exact) mass is 257 g/mol. The summed E-state index contributed by atoms with van der Waals surface area (Å²) in [5, 5.41) is 2.20. The van der Waals surface area contributed by atoms with Crippen LogP contribution in [0.1, 0.15) is 12.0 Å². The van der Waals surface area contributed by atoms with Crippen molar-refractivity contribution in [3.05, 3.63) is 57.4 Å². The second-order valence-electron chi connectivity index (χ2n) is 3.27. The third kappa shape index (κ3) is 2.57. The molecule has 0 N–H and O–H groups in total. The van der Waals surface area contributed by atoms with Crippen LogP contribution < -0.4 is 0 Å². The zero-order valence-electron chi connectivity index (χ0n) is 7.81. The molecule has 0 fully saturated rings. The molecule has 77 valence electrons. The highest BCUT2D eigenvalue weighted by atomic mass is 35.5. The van der Waals surface area contributed by atoms with Crippen molar-refractivity contribution in [1.82, 2.24) is 0 Å². The number of hydrogen-bond donors (Lipinski definition) is 0. The minimum absolute atomic E-state index is 0.694. The molecule has 3 heteroatoms. The van der Waals surface area contributed by atoms with Crippen molar-refractivity contribution in [2.75, 3.05) is 0 Å². The van der Waals surface area contributed by atoms with E-state index in [1.807, 2.05) is 36.8 Å². The first-order valence-electron chi connectivity index (χ1n) is 4.52. The van der Waals surface area contributed by atoms with Crippen molar-refractivity contribution in [2.24, 2.45) is 0 Å². The van der Waals surface area contributed by atoms with E-state index in [1.165, 1.54) is 0 Å². The second-order valence-corrected chi connectivity index (χ2v) is 4.60. The van der Waals surface area contributed by atoms with Gasteiger partial charge in [-0.05, 0) is 35.8 Å². The average Bonchev–Trinajstić information content (AvgIpc) is 2.22. The first kappa shape index (κ1) is 11.1. The maximum atomic E-state index is 6.11. The van der Waals surface area contributed by atoms with Crippen molar-refractivity contribution in [2.45, 2.75) is 6.42 Å². The average molecular weight is 259 g/mol. The highest BCUT2D eigenvalue weighted by Crippen LogP contribution is 2.34. The zero-order valence-corrected chi connectivity index (χ0v) is 10.1. The van der Waals surface area contributed by atoms with Gasteiger partial charge in [0.1, 0.15) is 0 Å². The van der Waals surface area contributed by atoms with Crippen molar-refractivity contribution >= 4 is 40.4 Å². The molecule has 1 aromatic rings. The third-order valence-corrected chi connectivity index (χ3v) is 3.03. The number of allylic oxidation sites excluding steroid dienone is 4. The van der Waals surface area contributed by atoms with Gasteiger partial charge in [0.25, 0.3) is 0 Å². The van der Waals surface area contributed by atoms with E-state index < -0.39 is 0 Å².